The fourth-order valence-corrected chi connectivity index (χ4v) is 13.8. The summed E-state index contributed by atoms with van der Waals surface area (Å²) in [5.74, 6) is 0.0348. The maximum Gasteiger partial charge on any atom is 0.335 e. The lowest BCUT2D eigenvalue weighted by molar-refractivity contribution is -0.174. The average molecular weight is 1790 g/mol. The van der Waals surface area contributed by atoms with Gasteiger partial charge in [-0.25, -0.2) is 4.79 Å². The van der Waals surface area contributed by atoms with Crippen LogP contribution in [0, 0.1) is 112 Å². The molecule has 4 aromatic heterocycles. The van der Waals surface area contributed by atoms with Gasteiger partial charge in [-0.2, -0.15) is 41.4 Å². The number of ether oxygens (including phenoxy) is 9. The van der Waals surface area contributed by atoms with Gasteiger partial charge in [-0.05, 0) is 182 Å². The number of allylic oxidation sites excluding steroid dienone is 4. The zero-order valence-electron chi connectivity index (χ0n) is 84.7. The van der Waals surface area contributed by atoms with Gasteiger partial charge in [0, 0.05) is 96.1 Å². The number of nitrogens with zero attached hydrogens (tertiary/aromatic N) is 12. The Morgan fingerprint density at radius 2 is 0.573 bits per heavy atom. The summed E-state index contributed by atoms with van der Waals surface area (Å²) in [4.78, 5) is 48.7. The van der Waals surface area contributed by atoms with Crippen LogP contribution in [0.25, 0.3) is 45.3 Å². The van der Waals surface area contributed by atoms with E-state index in [1.54, 1.807) is 53.1 Å². The van der Waals surface area contributed by atoms with Gasteiger partial charge in [0.15, 0.2) is 23.0 Å². The van der Waals surface area contributed by atoms with E-state index in [4.69, 9.17) is 42.6 Å². The van der Waals surface area contributed by atoms with Crippen molar-refractivity contribution < 1.29 is 61.8 Å². The topological polar surface area (TPSA) is 318 Å². The van der Waals surface area contributed by atoms with Gasteiger partial charge in [-0.1, -0.05) is 207 Å². The van der Waals surface area contributed by atoms with E-state index in [2.05, 4.69) is 128 Å². The van der Waals surface area contributed by atoms with E-state index in [0.717, 1.165) is 91.5 Å². The molecule has 8 rings (SSSR count). The number of methoxy groups -OCH3 is 1. The summed E-state index contributed by atoms with van der Waals surface area (Å²) in [6.07, 6.45) is -1.20. The monoisotopic (exact) mass is 1790 g/mol. The lowest BCUT2D eigenvalue weighted by Gasteiger charge is -2.24. The summed E-state index contributed by atoms with van der Waals surface area (Å²) < 4.78 is 58.6. The van der Waals surface area contributed by atoms with Gasteiger partial charge in [-0.3, -0.25) is 33.1 Å². The average Bonchev–Trinajstić information content (AvgIpc) is 1.68. The number of aromatic nitrogens is 8. The van der Waals surface area contributed by atoms with E-state index in [9.17, 15) is 40.2 Å². The van der Waals surface area contributed by atoms with Crippen LogP contribution in [0.4, 0.5) is 0 Å². The molecule has 0 saturated carbocycles. The number of hydrogen-bond donors (Lipinski definition) is 0. The quantitative estimate of drug-likeness (QED) is 0.0128. The largest absolute Gasteiger partial charge is 0.451 e. The first-order chi connectivity index (χ1) is 61.1. The summed E-state index contributed by atoms with van der Waals surface area (Å²) in [7, 11) is 1.42. The van der Waals surface area contributed by atoms with Crippen LogP contribution < -0.4 is 0 Å². The molecule has 4 atom stereocenters. The van der Waals surface area contributed by atoms with Crippen LogP contribution >= 0.6 is 0 Å². The van der Waals surface area contributed by atoms with Crippen LogP contribution in [0.15, 0.2) is 97.1 Å². The molecule has 4 aromatic carbocycles. The predicted octanol–water partition coefficient (Wildman–Crippen LogP) is 23.4. The number of benzene rings is 4. The van der Waals surface area contributed by atoms with Crippen LogP contribution in [0.5, 0.6) is 0 Å². The first-order valence-corrected chi connectivity index (χ1v) is 45.3. The second-order valence-electron chi connectivity index (χ2n) is 38.1. The van der Waals surface area contributed by atoms with Gasteiger partial charge in [-0.15, -0.1) is 0 Å². The lowest BCUT2D eigenvalue weighted by atomic mass is 9.86. The SMILES string of the molecule is CCCCC(=O)OC(C)O/C(=C(/C#N)c1ccc(C(C)(C)C)cc1)c1c(C)c(C)nn1CC.CCn1nc(C)c(C)c1/C(OC(C)OC(=O)C(C)(C)C)=C(\C#N)c1ccc(C(C)(C)C)cc1.CCn1nc(C)c(C)c1/C(OC(C)OC(=O)CC(C)C)=C(\C#N)c1ccc(C(C)(C)C)cc1.CCn1nc(C)c(C)c1/C(OC(C)OC(=O)COC)=C(\C#N)c1ccc(C(C)(C)C)cc1. The number of carbonyl (C=O) groups is 4. The highest BCUT2D eigenvalue weighted by Crippen LogP contribution is 2.40. The Balaban J connectivity index is 0.000000309. The fraction of sp³-hybridized carbons (Fsp3) is 0.509. The van der Waals surface area contributed by atoms with Crippen LogP contribution in [0.1, 0.15) is 318 Å². The zero-order chi connectivity index (χ0) is 98.9. The van der Waals surface area contributed by atoms with Crippen molar-refractivity contribution >= 4 is 69.2 Å². The minimum atomic E-state index is -0.926. The maximum absolute atomic E-state index is 12.4. The van der Waals surface area contributed by atoms with E-state index < -0.39 is 36.5 Å². The van der Waals surface area contributed by atoms with Gasteiger partial charge in [0.2, 0.25) is 25.2 Å². The number of rotatable bonds is 31. The molecule has 0 bridgehead atoms. The standard InChI is InChI=1S/3C27H37N3O3.C25H33N3O4/c1-11-30-23(17(2)18(3)29-30)24(32-19(4)33-25(31)27(8,9)10)22(16-28)20-12-14-21(15-13-20)26(5,6)7;1-10-30-25(18(4)19(5)29-30)26(33-20(6)32-24(31)15-17(2)3)23(16-28)21-11-13-22(14-12-21)27(7,8)9;1-9-11-12-24(31)32-20(5)33-26(25-18(3)19(4)29-30(25)10-2)23(17-28)21-13-15-22(16-14-21)27(6,7)8;1-9-28-23(16(2)17(3)27-28)24(32-18(4)31-22(29)15-30-8)21(14-26)19-10-12-20(13-11-19)25(5,6)7/h12-15,19H,11H2,1-10H3;11-14,17,20H,10,15H2,1-9H3;13-16,20H,9-12H2,1-8H3;10-13,18H,9,15H2,1-8H3/b24-22-;2*26-23-;24-21-. The summed E-state index contributed by atoms with van der Waals surface area (Å²) in [5.41, 5.74) is 18.3. The molecule has 25 heteroatoms. The van der Waals surface area contributed by atoms with E-state index in [-0.39, 0.29) is 52.1 Å². The van der Waals surface area contributed by atoms with Crippen molar-refractivity contribution in [3.63, 3.8) is 0 Å². The molecule has 131 heavy (non-hydrogen) atoms. The van der Waals surface area contributed by atoms with E-state index >= 15 is 0 Å². The molecule has 0 radical (unpaired) electrons. The summed E-state index contributed by atoms with van der Waals surface area (Å²) in [6, 6.07) is 41.0. The van der Waals surface area contributed by atoms with Crippen molar-refractivity contribution in [3.8, 4) is 24.3 Å². The smallest absolute Gasteiger partial charge is 0.335 e. The lowest BCUT2D eigenvalue weighted by Crippen LogP contribution is -2.28. The van der Waals surface area contributed by atoms with Crippen molar-refractivity contribution in [2.24, 2.45) is 11.3 Å². The molecule has 4 heterocycles. The highest BCUT2D eigenvalue weighted by atomic mass is 16.7. The summed E-state index contributed by atoms with van der Waals surface area (Å²) in [6.45, 7) is 69.4. The first kappa shape index (κ1) is 109. The van der Waals surface area contributed by atoms with Crippen molar-refractivity contribution in [1.82, 2.24) is 39.1 Å². The fourth-order valence-electron chi connectivity index (χ4n) is 13.8. The molecule has 0 N–H and O–H groups in total. The van der Waals surface area contributed by atoms with E-state index in [1.807, 2.05) is 215 Å². The maximum atomic E-state index is 12.4. The number of aryl methyl sites for hydroxylation is 8. The third-order valence-corrected chi connectivity index (χ3v) is 21.8. The Hall–Kier alpha value is -12.3. The van der Waals surface area contributed by atoms with Crippen LogP contribution in [-0.2, 0) is 110 Å². The predicted molar refractivity (Wildman–Crippen MR) is 517 cm³/mol. The Labute approximate surface area is 779 Å². The summed E-state index contributed by atoms with van der Waals surface area (Å²) >= 11 is 0. The van der Waals surface area contributed by atoms with Gasteiger partial charge in [0.1, 0.15) is 76.0 Å². The van der Waals surface area contributed by atoms with Crippen molar-refractivity contribution in [1.29, 1.82) is 21.0 Å². The third-order valence-electron chi connectivity index (χ3n) is 21.8. The first-order valence-electron chi connectivity index (χ1n) is 45.3. The molecule has 706 valence electrons. The Morgan fingerprint density at radius 3 is 0.771 bits per heavy atom. The van der Waals surface area contributed by atoms with Gasteiger partial charge >= 0.3 is 23.9 Å². The van der Waals surface area contributed by atoms with Crippen LogP contribution in [0.3, 0.4) is 0 Å². The molecule has 0 amide bonds. The van der Waals surface area contributed by atoms with Crippen molar-refractivity contribution in [3.05, 3.63) is 209 Å². The summed E-state index contributed by atoms with van der Waals surface area (Å²) in [5, 5.41) is 59.1. The van der Waals surface area contributed by atoms with E-state index in [1.165, 1.54) is 23.8 Å². The number of nitriles is 4. The molecule has 0 aliphatic rings. The molecule has 0 aliphatic heterocycles. The number of carbonyl (C=O) groups excluding carboxylic acids is 4. The minimum Gasteiger partial charge on any atom is -0.451 e. The molecule has 25 nitrogen and oxygen atoms in total. The van der Waals surface area contributed by atoms with E-state index in [0.29, 0.717) is 101 Å². The molecule has 0 aliphatic carbocycles. The number of esters is 4. The normalized spacial score (nSPS) is 13.4. The molecule has 4 unspecified atom stereocenters. The highest BCUT2D eigenvalue weighted by molar-refractivity contribution is 5.98. The molecular weight excluding hydrogens is 1650 g/mol. The van der Waals surface area contributed by atoms with Crippen LogP contribution in [-0.4, -0.2) is 102 Å². The number of unbranched alkanes of at least 4 members (excludes halogenated alkanes) is 1. The second-order valence-corrected chi connectivity index (χ2v) is 38.1. The Kier molecular flexibility index (Phi) is 40.0. The Morgan fingerprint density at radius 1 is 0.344 bits per heavy atom. The van der Waals surface area contributed by atoms with Crippen molar-refractivity contribution in [2.75, 3.05) is 13.7 Å². The van der Waals surface area contributed by atoms with Gasteiger partial charge < -0.3 is 42.6 Å². The number of hydrogen-bond acceptors (Lipinski definition) is 21. The molecule has 0 saturated heterocycles. The van der Waals surface area contributed by atoms with Crippen molar-refractivity contribution in [2.45, 2.75) is 334 Å². The molecule has 0 spiro atoms. The molecule has 0 fully saturated rings. The third kappa shape index (κ3) is 30.1. The van der Waals surface area contributed by atoms with Gasteiger partial charge in [0.05, 0.1) is 28.2 Å². The second kappa shape index (κ2) is 48.0. The highest BCUT2D eigenvalue weighted by Gasteiger charge is 2.33. The van der Waals surface area contributed by atoms with Gasteiger partial charge in [0.25, 0.3) is 0 Å². The minimum absolute atomic E-state index is 0.00141. The zero-order valence-corrected chi connectivity index (χ0v) is 84.7. The Bertz CT molecular complexity index is 5550. The van der Waals surface area contributed by atoms with Crippen LogP contribution in [0.2, 0.25) is 0 Å². The molecule has 8 aromatic rings. The molecular formula is C106H144N12O13.